The first-order chi connectivity index (χ1) is 5.24. The lowest BCUT2D eigenvalue weighted by Crippen LogP contribution is -2.25. The Balaban J connectivity index is 3.23. The molecule has 11 heavy (non-hydrogen) atoms. The molecule has 2 nitrogen and oxygen atoms in total. The lowest BCUT2D eigenvalue weighted by atomic mass is 10.4. The molecule has 0 aromatic carbocycles. The Bertz CT molecular complexity index is 324. The SMILES string of the molecule is C/C=c1/nc[nH]/c1=C/C(C)Cl. The van der Waals surface area contributed by atoms with Gasteiger partial charge < -0.3 is 4.98 Å². The van der Waals surface area contributed by atoms with Crippen molar-refractivity contribution in [1.29, 1.82) is 0 Å². The minimum atomic E-state index is 0.0362. The zero-order valence-corrected chi connectivity index (χ0v) is 7.39. The van der Waals surface area contributed by atoms with E-state index in [0.29, 0.717) is 0 Å². The molecule has 1 atom stereocenters. The van der Waals surface area contributed by atoms with Gasteiger partial charge in [-0.05, 0) is 19.9 Å². The molecular weight excluding hydrogens is 160 g/mol. The van der Waals surface area contributed by atoms with Crippen molar-refractivity contribution < 1.29 is 0 Å². The van der Waals surface area contributed by atoms with Crippen molar-refractivity contribution in [3.63, 3.8) is 0 Å². The van der Waals surface area contributed by atoms with Gasteiger partial charge in [0.05, 0.1) is 22.4 Å². The highest BCUT2D eigenvalue weighted by molar-refractivity contribution is 6.23. The molecule has 1 unspecified atom stereocenters. The molecule has 0 bridgehead atoms. The van der Waals surface area contributed by atoms with Crippen LogP contribution in [0.15, 0.2) is 6.33 Å². The summed E-state index contributed by atoms with van der Waals surface area (Å²) in [6, 6.07) is 0. The van der Waals surface area contributed by atoms with Gasteiger partial charge in [-0.2, -0.15) is 0 Å². The van der Waals surface area contributed by atoms with Crippen LogP contribution in [-0.4, -0.2) is 15.3 Å². The van der Waals surface area contributed by atoms with Crippen LogP contribution < -0.4 is 10.7 Å². The molecule has 0 aliphatic rings. The third-order valence-corrected chi connectivity index (χ3v) is 1.50. The number of hydrogen-bond acceptors (Lipinski definition) is 1. The van der Waals surface area contributed by atoms with Crippen molar-refractivity contribution in [2.45, 2.75) is 19.2 Å². The van der Waals surface area contributed by atoms with Gasteiger partial charge in [0.15, 0.2) is 0 Å². The summed E-state index contributed by atoms with van der Waals surface area (Å²) in [5.41, 5.74) is 0. The summed E-state index contributed by atoms with van der Waals surface area (Å²) >= 11 is 5.78. The predicted molar refractivity (Wildman–Crippen MR) is 47.8 cm³/mol. The molecule has 1 N–H and O–H groups in total. The molecule has 1 rings (SSSR count). The summed E-state index contributed by atoms with van der Waals surface area (Å²) in [5, 5.41) is 1.99. The van der Waals surface area contributed by atoms with Crippen LogP contribution in [0.5, 0.6) is 0 Å². The van der Waals surface area contributed by atoms with Crippen LogP contribution in [0.1, 0.15) is 13.8 Å². The number of H-pyrrole nitrogens is 1. The molecule has 0 aliphatic carbocycles. The van der Waals surface area contributed by atoms with Gasteiger partial charge in [0.1, 0.15) is 0 Å². The summed E-state index contributed by atoms with van der Waals surface area (Å²) in [7, 11) is 0. The first-order valence-corrected chi connectivity index (χ1v) is 3.99. The summed E-state index contributed by atoms with van der Waals surface area (Å²) in [6.07, 6.45) is 5.55. The predicted octanol–water partition coefficient (Wildman–Crippen LogP) is 0.618. The van der Waals surface area contributed by atoms with Crippen molar-refractivity contribution in [2.75, 3.05) is 0 Å². The van der Waals surface area contributed by atoms with Crippen LogP contribution >= 0.6 is 11.6 Å². The second kappa shape index (κ2) is 3.58. The summed E-state index contributed by atoms with van der Waals surface area (Å²) in [4.78, 5) is 7.09. The summed E-state index contributed by atoms with van der Waals surface area (Å²) in [6.45, 7) is 3.87. The lowest BCUT2D eigenvalue weighted by Gasteiger charge is -1.86. The van der Waals surface area contributed by atoms with Gasteiger partial charge in [-0.3, -0.25) is 0 Å². The maximum absolute atomic E-state index is 5.78. The topological polar surface area (TPSA) is 28.7 Å². The van der Waals surface area contributed by atoms with Gasteiger partial charge >= 0.3 is 0 Å². The van der Waals surface area contributed by atoms with E-state index in [2.05, 4.69) is 9.97 Å². The lowest BCUT2D eigenvalue weighted by molar-refractivity contribution is 1.24. The third kappa shape index (κ3) is 2.09. The molecule has 1 heterocycles. The molecule has 1 aromatic rings. The normalized spacial score (nSPS) is 17.4. The number of rotatable bonds is 1. The van der Waals surface area contributed by atoms with E-state index in [1.165, 1.54) is 0 Å². The van der Waals surface area contributed by atoms with E-state index in [0.717, 1.165) is 10.7 Å². The minimum Gasteiger partial charge on any atom is -0.345 e. The van der Waals surface area contributed by atoms with E-state index in [4.69, 9.17) is 11.6 Å². The molecule has 1 aromatic heterocycles. The summed E-state index contributed by atoms with van der Waals surface area (Å²) < 4.78 is 0. The van der Waals surface area contributed by atoms with Crippen LogP contribution in [0.25, 0.3) is 12.2 Å². The number of nitrogens with one attached hydrogen (secondary N) is 1. The number of hydrogen-bond donors (Lipinski definition) is 1. The smallest absolute Gasteiger partial charge is 0.0931 e. The van der Waals surface area contributed by atoms with Crippen LogP contribution in [0, 0.1) is 0 Å². The maximum Gasteiger partial charge on any atom is 0.0931 e. The number of imidazole rings is 1. The third-order valence-electron chi connectivity index (χ3n) is 1.37. The van der Waals surface area contributed by atoms with Gasteiger partial charge in [0.2, 0.25) is 0 Å². The number of alkyl halides is 1. The second-order valence-corrected chi connectivity index (χ2v) is 3.02. The van der Waals surface area contributed by atoms with Crippen molar-refractivity contribution in [1.82, 2.24) is 9.97 Å². The minimum absolute atomic E-state index is 0.0362. The van der Waals surface area contributed by atoms with E-state index in [1.54, 1.807) is 6.33 Å². The molecule has 0 radical (unpaired) electrons. The first-order valence-electron chi connectivity index (χ1n) is 3.55. The standard InChI is InChI=1S/C8H11ClN2/c1-3-7-8(4-6(2)9)11-5-10-7/h3-6H,1-2H3,(H,10,11)/b7-3+,8-4+. The molecule has 60 valence electrons. The molecule has 0 amide bonds. The average Bonchev–Trinajstić information content (AvgIpc) is 2.34. The van der Waals surface area contributed by atoms with Crippen molar-refractivity contribution >= 4 is 23.8 Å². The fourth-order valence-electron chi connectivity index (χ4n) is 0.908. The average molecular weight is 171 g/mol. The van der Waals surface area contributed by atoms with Gasteiger partial charge in [-0.15, -0.1) is 11.6 Å². The van der Waals surface area contributed by atoms with Gasteiger partial charge in [-0.25, -0.2) is 4.98 Å². The van der Waals surface area contributed by atoms with Crippen molar-refractivity contribution in [3.05, 3.63) is 17.0 Å². The van der Waals surface area contributed by atoms with Crippen LogP contribution in [0.3, 0.4) is 0 Å². The van der Waals surface area contributed by atoms with E-state index < -0.39 is 0 Å². The highest BCUT2D eigenvalue weighted by atomic mass is 35.5. The second-order valence-electron chi connectivity index (χ2n) is 2.33. The van der Waals surface area contributed by atoms with E-state index in [-0.39, 0.29) is 5.38 Å². The molecule has 3 heteroatoms. The van der Waals surface area contributed by atoms with E-state index in [1.807, 2.05) is 26.0 Å². The Labute approximate surface area is 70.6 Å². The van der Waals surface area contributed by atoms with E-state index >= 15 is 0 Å². The highest BCUT2D eigenvalue weighted by Gasteiger charge is 1.90. The van der Waals surface area contributed by atoms with Crippen LogP contribution in [-0.2, 0) is 0 Å². The number of nitrogens with zero attached hydrogens (tertiary/aromatic N) is 1. The maximum atomic E-state index is 5.78. The van der Waals surface area contributed by atoms with E-state index in [9.17, 15) is 0 Å². The van der Waals surface area contributed by atoms with Crippen LogP contribution in [0.4, 0.5) is 0 Å². The van der Waals surface area contributed by atoms with Crippen molar-refractivity contribution in [3.8, 4) is 0 Å². The quantitative estimate of drug-likeness (QED) is 0.615. The first kappa shape index (κ1) is 8.34. The van der Waals surface area contributed by atoms with Gasteiger partial charge in [0, 0.05) is 0 Å². The molecule has 0 spiro atoms. The van der Waals surface area contributed by atoms with Crippen molar-refractivity contribution in [2.24, 2.45) is 0 Å². The largest absolute Gasteiger partial charge is 0.345 e. The fourth-order valence-corrected chi connectivity index (χ4v) is 1.03. The molecule has 0 aliphatic heterocycles. The molecular formula is C8H11ClN2. The Hall–Kier alpha value is -0.760. The number of halogens is 1. The fraction of sp³-hybridized carbons (Fsp3) is 0.375. The van der Waals surface area contributed by atoms with Gasteiger partial charge in [-0.1, -0.05) is 6.08 Å². The zero-order valence-electron chi connectivity index (χ0n) is 6.63. The highest BCUT2D eigenvalue weighted by Crippen LogP contribution is 1.91. The molecule has 0 fully saturated rings. The van der Waals surface area contributed by atoms with Crippen LogP contribution in [0.2, 0.25) is 0 Å². The molecule has 0 saturated carbocycles. The summed E-state index contributed by atoms with van der Waals surface area (Å²) in [5.74, 6) is 0. The Morgan fingerprint density at radius 1 is 1.73 bits per heavy atom. The number of aromatic amines is 1. The Morgan fingerprint density at radius 2 is 2.45 bits per heavy atom. The molecule has 0 saturated heterocycles. The zero-order chi connectivity index (χ0) is 8.27. The van der Waals surface area contributed by atoms with Gasteiger partial charge in [0.25, 0.3) is 0 Å². The monoisotopic (exact) mass is 170 g/mol. The Morgan fingerprint density at radius 3 is 3.00 bits per heavy atom. The number of aromatic nitrogens is 2. The Kier molecular flexibility index (Phi) is 2.71.